The molecule has 1 heterocycles. The van der Waals surface area contributed by atoms with Crippen LogP contribution in [0.4, 0.5) is 0 Å². The van der Waals surface area contributed by atoms with Crippen LogP contribution in [0.3, 0.4) is 0 Å². The smallest absolute Gasteiger partial charge is 0.337 e. The number of fused-ring (bicyclic) bond motifs is 1. The molecule has 0 bridgehead atoms. The molecule has 0 fully saturated rings. The standard InChI is InChI=1S/C18H15ClN2O3S/c1-3-21-14-8-7-12(17(23)24-2)10-15(14)25-18(21)20-16(22)11-5-4-6-13(19)9-11/h4-10H,3H2,1-2H3. The summed E-state index contributed by atoms with van der Waals surface area (Å²) in [6.45, 7) is 2.63. The fourth-order valence-electron chi connectivity index (χ4n) is 2.48. The Hall–Kier alpha value is -2.44. The quantitative estimate of drug-likeness (QED) is 0.653. The Morgan fingerprint density at radius 3 is 2.68 bits per heavy atom. The van der Waals surface area contributed by atoms with Crippen LogP contribution in [0.2, 0.25) is 5.02 Å². The summed E-state index contributed by atoms with van der Waals surface area (Å²) in [7, 11) is 1.34. The van der Waals surface area contributed by atoms with Crippen LogP contribution in [0.15, 0.2) is 47.5 Å². The van der Waals surface area contributed by atoms with E-state index in [1.165, 1.54) is 18.4 Å². The van der Waals surface area contributed by atoms with Crippen LogP contribution >= 0.6 is 22.9 Å². The monoisotopic (exact) mass is 374 g/mol. The van der Waals surface area contributed by atoms with Gasteiger partial charge in [-0.15, -0.1) is 0 Å². The normalized spacial score (nSPS) is 11.7. The molecule has 0 unspecified atom stereocenters. The minimum atomic E-state index is -0.396. The van der Waals surface area contributed by atoms with Gasteiger partial charge < -0.3 is 9.30 Å². The van der Waals surface area contributed by atoms with Gasteiger partial charge in [0.25, 0.3) is 5.91 Å². The molecule has 0 atom stereocenters. The van der Waals surface area contributed by atoms with Crippen LogP contribution < -0.4 is 4.80 Å². The number of nitrogens with zero attached hydrogens (tertiary/aromatic N) is 2. The molecule has 0 radical (unpaired) electrons. The van der Waals surface area contributed by atoms with Gasteiger partial charge in [-0.1, -0.05) is 29.0 Å². The van der Waals surface area contributed by atoms with Crippen LogP contribution in [0.25, 0.3) is 10.2 Å². The van der Waals surface area contributed by atoms with Gasteiger partial charge in [-0.2, -0.15) is 4.99 Å². The molecule has 3 rings (SSSR count). The Bertz CT molecular complexity index is 1040. The van der Waals surface area contributed by atoms with Gasteiger partial charge in [0, 0.05) is 17.1 Å². The number of aromatic nitrogens is 1. The minimum absolute atomic E-state index is 0.357. The van der Waals surface area contributed by atoms with Crippen molar-refractivity contribution < 1.29 is 14.3 Å². The number of esters is 1. The zero-order valence-electron chi connectivity index (χ0n) is 13.7. The topological polar surface area (TPSA) is 60.7 Å². The number of carbonyl (C=O) groups excluding carboxylic acids is 2. The molecule has 0 aliphatic rings. The Morgan fingerprint density at radius 1 is 1.20 bits per heavy atom. The molecule has 25 heavy (non-hydrogen) atoms. The zero-order chi connectivity index (χ0) is 18.0. The SMILES string of the molecule is CCn1c(=NC(=O)c2cccc(Cl)c2)sc2cc(C(=O)OC)ccc21. The second kappa shape index (κ2) is 7.21. The first-order valence-corrected chi connectivity index (χ1v) is 8.79. The Morgan fingerprint density at radius 2 is 2.00 bits per heavy atom. The summed E-state index contributed by atoms with van der Waals surface area (Å²) in [5.41, 5.74) is 1.81. The fourth-order valence-corrected chi connectivity index (χ4v) is 3.80. The summed E-state index contributed by atoms with van der Waals surface area (Å²) in [4.78, 5) is 28.9. The highest BCUT2D eigenvalue weighted by atomic mass is 35.5. The molecule has 3 aromatic rings. The Labute approximate surface area is 153 Å². The first-order chi connectivity index (χ1) is 12.0. The van der Waals surface area contributed by atoms with Gasteiger partial charge in [-0.05, 0) is 43.3 Å². The maximum Gasteiger partial charge on any atom is 0.337 e. The molecule has 0 aliphatic heterocycles. The average molecular weight is 375 g/mol. The first kappa shape index (κ1) is 17.4. The highest BCUT2D eigenvalue weighted by Gasteiger charge is 2.12. The summed E-state index contributed by atoms with van der Waals surface area (Å²) in [5.74, 6) is -0.753. The lowest BCUT2D eigenvalue weighted by atomic mass is 10.2. The molecule has 0 spiro atoms. The Balaban J connectivity index is 2.11. The lowest BCUT2D eigenvalue weighted by molar-refractivity contribution is 0.0601. The van der Waals surface area contributed by atoms with Gasteiger partial charge in [0.05, 0.1) is 22.9 Å². The van der Waals surface area contributed by atoms with Crippen molar-refractivity contribution in [3.63, 3.8) is 0 Å². The second-order valence-electron chi connectivity index (χ2n) is 5.23. The van der Waals surface area contributed by atoms with E-state index in [1.807, 2.05) is 17.6 Å². The van der Waals surface area contributed by atoms with Crippen molar-refractivity contribution in [1.82, 2.24) is 4.57 Å². The van der Waals surface area contributed by atoms with E-state index >= 15 is 0 Å². The number of thiazole rings is 1. The average Bonchev–Trinajstić information content (AvgIpc) is 2.96. The highest BCUT2D eigenvalue weighted by molar-refractivity contribution is 7.16. The minimum Gasteiger partial charge on any atom is -0.465 e. The third-order valence-electron chi connectivity index (χ3n) is 3.69. The lowest BCUT2D eigenvalue weighted by Crippen LogP contribution is -2.15. The van der Waals surface area contributed by atoms with Crippen LogP contribution in [0.5, 0.6) is 0 Å². The van der Waals surface area contributed by atoms with Gasteiger partial charge >= 0.3 is 5.97 Å². The molecule has 0 saturated carbocycles. The number of carbonyl (C=O) groups is 2. The summed E-state index contributed by atoms with van der Waals surface area (Å²) in [6, 6.07) is 12.0. The summed E-state index contributed by atoms with van der Waals surface area (Å²) >= 11 is 7.29. The molecule has 7 heteroatoms. The molecule has 0 aliphatic carbocycles. The molecule has 128 valence electrons. The fraction of sp³-hybridized carbons (Fsp3) is 0.167. The molecular formula is C18H15ClN2O3S. The molecular weight excluding hydrogens is 360 g/mol. The summed E-state index contributed by atoms with van der Waals surface area (Å²) in [6.07, 6.45) is 0. The van der Waals surface area contributed by atoms with E-state index in [0.29, 0.717) is 27.5 Å². The van der Waals surface area contributed by atoms with Crippen LogP contribution in [0, 0.1) is 0 Å². The number of ether oxygens (including phenoxy) is 1. The van der Waals surface area contributed by atoms with E-state index < -0.39 is 5.97 Å². The van der Waals surface area contributed by atoms with Crippen molar-refractivity contribution in [2.75, 3.05) is 7.11 Å². The number of methoxy groups -OCH3 is 1. The summed E-state index contributed by atoms with van der Waals surface area (Å²) in [5, 5.41) is 0.489. The number of amides is 1. The molecule has 2 aromatic carbocycles. The van der Waals surface area contributed by atoms with Crippen molar-refractivity contribution in [3.05, 3.63) is 63.4 Å². The van der Waals surface area contributed by atoms with Crippen molar-refractivity contribution in [1.29, 1.82) is 0 Å². The molecule has 5 nitrogen and oxygen atoms in total. The van der Waals surface area contributed by atoms with Crippen LogP contribution in [-0.2, 0) is 11.3 Å². The number of aryl methyl sites for hydroxylation is 1. The van der Waals surface area contributed by atoms with Crippen molar-refractivity contribution in [3.8, 4) is 0 Å². The van der Waals surface area contributed by atoms with E-state index in [1.54, 1.807) is 36.4 Å². The molecule has 1 aromatic heterocycles. The molecule has 1 amide bonds. The number of hydrogen-bond donors (Lipinski definition) is 0. The van der Waals surface area contributed by atoms with Gasteiger partial charge in [0.1, 0.15) is 0 Å². The van der Waals surface area contributed by atoms with E-state index in [9.17, 15) is 9.59 Å². The number of rotatable bonds is 3. The van der Waals surface area contributed by atoms with Crippen LogP contribution in [-0.4, -0.2) is 23.6 Å². The first-order valence-electron chi connectivity index (χ1n) is 7.60. The van der Waals surface area contributed by atoms with Gasteiger partial charge in [-0.25, -0.2) is 4.79 Å². The number of halogens is 1. The predicted molar refractivity (Wildman–Crippen MR) is 98.2 cm³/mol. The largest absolute Gasteiger partial charge is 0.465 e. The van der Waals surface area contributed by atoms with E-state index in [-0.39, 0.29) is 5.91 Å². The number of benzene rings is 2. The summed E-state index contributed by atoms with van der Waals surface area (Å²) < 4.78 is 7.55. The van der Waals surface area contributed by atoms with Gasteiger partial charge in [0.15, 0.2) is 4.80 Å². The van der Waals surface area contributed by atoms with E-state index in [4.69, 9.17) is 16.3 Å². The highest BCUT2D eigenvalue weighted by Crippen LogP contribution is 2.20. The molecule has 0 saturated heterocycles. The molecule has 0 N–H and O–H groups in total. The third-order valence-corrected chi connectivity index (χ3v) is 4.97. The maximum atomic E-state index is 12.4. The van der Waals surface area contributed by atoms with E-state index in [2.05, 4.69) is 4.99 Å². The Kier molecular flexibility index (Phi) is 5.01. The van der Waals surface area contributed by atoms with Crippen molar-refractivity contribution in [2.24, 2.45) is 4.99 Å². The zero-order valence-corrected chi connectivity index (χ0v) is 15.2. The maximum absolute atomic E-state index is 12.4. The predicted octanol–water partition coefficient (Wildman–Crippen LogP) is 3.90. The number of hydrogen-bond acceptors (Lipinski definition) is 4. The van der Waals surface area contributed by atoms with Crippen molar-refractivity contribution in [2.45, 2.75) is 13.5 Å². The van der Waals surface area contributed by atoms with Gasteiger partial charge in [0.2, 0.25) is 0 Å². The third kappa shape index (κ3) is 3.50. The van der Waals surface area contributed by atoms with Crippen LogP contribution in [0.1, 0.15) is 27.6 Å². The van der Waals surface area contributed by atoms with Crippen molar-refractivity contribution >= 4 is 45.0 Å². The lowest BCUT2D eigenvalue weighted by Gasteiger charge is -2.02. The van der Waals surface area contributed by atoms with E-state index in [0.717, 1.165) is 10.2 Å². The van der Waals surface area contributed by atoms with Gasteiger partial charge in [-0.3, -0.25) is 4.79 Å². The second-order valence-corrected chi connectivity index (χ2v) is 6.68.